The number of aromatic nitrogens is 2. The second-order valence-electron chi connectivity index (χ2n) is 6.15. The molecular weight excluding hydrogens is 274 g/mol. The zero-order valence-electron chi connectivity index (χ0n) is 13.6. The number of amides is 1. The Morgan fingerprint density at radius 2 is 1.91 bits per heavy atom. The van der Waals surface area contributed by atoms with E-state index in [0.29, 0.717) is 6.04 Å². The number of carbonyl (C=O) groups excluding carboxylic acids is 1. The van der Waals surface area contributed by atoms with Gasteiger partial charge in [-0.15, -0.1) is 0 Å². The van der Waals surface area contributed by atoms with Gasteiger partial charge in [0.2, 0.25) is 0 Å². The number of hydrogen-bond donors (Lipinski definition) is 0. The number of likely N-dealkylation sites (tertiary alicyclic amines) is 1. The maximum absolute atomic E-state index is 12.8. The maximum Gasteiger partial charge on any atom is 0.254 e. The van der Waals surface area contributed by atoms with Crippen molar-refractivity contribution in [2.45, 2.75) is 52.5 Å². The first-order valence-corrected chi connectivity index (χ1v) is 8.16. The molecule has 4 nitrogen and oxygen atoms in total. The van der Waals surface area contributed by atoms with Gasteiger partial charge in [-0.1, -0.05) is 6.92 Å². The van der Waals surface area contributed by atoms with Gasteiger partial charge in [0.15, 0.2) is 0 Å². The number of carbonyl (C=O) groups is 1. The minimum atomic E-state index is 0.133. The van der Waals surface area contributed by atoms with Gasteiger partial charge in [-0.25, -0.2) is 9.97 Å². The van der Waals surface area contributed by atoms with Crippen molar-refractivity contribution in [1.82, 2.24) is 14.9 Å². The summed E-state index contributed by atoms with van der Waals surface area (Å²) in [7, 11) is 0. The van der Waals surface area contributed by atoms with Crippen LogP contribution < -0.4 is 0 Å². The second kappa shape index (κ2) is 6.03. The molecule has 0 N–H and O–H groups in total. The fourth-order valence-electron chi connectivity index (χ4n) is 3.22. The summed E-state index contributed by atoms with van der Waals surface area (Å²) in [5, 5.41) is 0. The lowest BCUT2D eigenvalue weighted by Crippen LogP contribution is -2.43. The van der Waals surface area contributed by atoms with Gasteiger partial charge in [0.05, 0.1) is 22.4 Å². The van der Waals surface area contributed by atoms with Gasteiger partial charge in [0.1, 0.15) is 0 Å². The lowest BCUT2D eigenvalue weighted by Gasteiger charge is -2.35. The first-order chi connectivity index (χ1) is 10.6. The Bertz CT molecular complexity index is 711. The molecule has 2 aromatic rings. The molecule has 1 aliphatic rings. The highest BCUT2D eigenvalue weighted by atomic mass is 16.2. The highest BCUT2D eigenvalue weighted by Gasteiger charge is 2.26. The molecule has 1 unspecified atom stereocenters. The first kappa shape index (κ1) is 14.9. The quantitative estimate of drug-likeness (QED) is 0.850. The predicted molar refractivity (Wildman–Crippen MR) is 88.0 cm³/mol. The van der Waals surface area contributed by atoms with E-state index in [0.717, 1.165) is 53.8 Å². The number of hydrogen-bond acceptors (Lipinski definition) is 3. The molecule has 2 heterocycles. The van der Waals surface area contributed by atoms with Gasteiger partial charge in [0, 0.05) is 18.2 Å². The standard InChI is InChI=1S/C18H23N3O/c1-4-15-7-5-6-10-21(15)18(22)14-8-9-16-17(11-14)20-13(3)12(2)19-16/h8-9,11,15H,4-7,10H2,1-3H3. The summed E-state index contributed by atoms with van der Waals surface area (Å²) in [5.74, 6) is 0.133. The lowest BCUT2D eigenvalue weighted by atomic mass is 9.99. The summed E-state index contributed by atoms with van der Waals surface area (Å²) in [6.07, 6.45) is 4.48. The Kier molecular flexibility index (Phi) is 4.10. The average Bonchev–Trinajstić information content (AvgIpc) is 2.55. The Hall–Kier alpha value is -1.97. The Morgan fingerprint density at radius 1 is 1.18 bits per heavy atom. The fraction of sp³-hybridized carbons (Fsp3) is 0.500. The zero-order chi connectivity index (χ0) is 15.7. The van der Waals surface area contributed by atoms with Gasteiger partial charge < -0.3 is 4.90 Å². The number of fused-ring (bicyclic) bond motifs is 1. The van der Waals surface area contributed by atoms with Crippen molar-refractivity contribution in [1.29, 1.82) is 0 Å². The molecule has 22 heavy (non-hydrogen) atoms. The highest BCUT2D eigenvalue weighted by Crippen LogP contribution is 2.23. The fourth-order valence-corrected chi connectivity index (χ4v) is 3.22. The largest absolute Gasteiger partial charge is 0.336 e. The molecule has 3 rings (SSSR count). The van der Waals surface area contributed by atoms with Gasteiger partial charge in [-0.05, 0) is 57.7 Å². The number of rotatable bonds is 2. The molecule has 0 aliphatic carbocycles. The van der Waals surface area contributed by atoms with Crippen molar-refractivity contribution in [2.75, 3.05) is 6.54 Å². The van der Waals surface area contributed by atoms with E-state index >= 15 is 0 Å². The first-order valence-electron chi connectivity index (χ1n) is 8.16. The SMILES string of the molecule is CCC1CCCCN1C(=O)c1ccc2nc(C)c(C)nc2c1. The highest BCUT2D eigenvalue weighted by molar-refractivity contribution is 5.97. The van der Waals surface area contributed by atoms with Crippen LogP contribution in [-0.4, -0.2) is 33.4 Å². The molecule has 4 heteroatoms. The molecule has 0 bridgehead atoms. The van der Waals surface area contributed by atoms with Crippen LogP contribution in [0.25, 0.3) is 11.0 Å². The van der Waals surface area contributed by atoms with Crippen LogP contribution in [0, 0.1) is 13.8 Å². The van der Waals surface area contributed by atoms with Crippen molar-refractivity contribution in [3.05, 3.63) is 35.2 Å². The Labute approximate surface area is 131 Å². The van der Waals surface area contributed by atoms with Crippen LogP contribution in [0.2, 0.25) is 0 Å². The normalized spacial score (nSPS) is 18.7. The van der Waals surface area contributed by atoms with E-state index < -0.39 is 0 Å². The van der Waals surface area contributed by atoms with Gasteiger partial charge in [-0.2, -0.15) is 0 Å². The third-order valence-electron chi connectivity index (χ3n) is 4.68. The Morgan fingerprint density at radius 3 is 2.64 bits per heavy atom. The average molecular weight is 297 g/mol. The molecule has 116 valence electrons. The number of nitrogens with zero attached hydrogens (tertiary/aromatic N) is 3. The monoisotopic (exact) mass is 297 g/mol. The smallest absolute Gasteiger partial charge is 0.254 e. The molecule has 1 amide bonds. The zero-order valence-corrected chi connectivity index (χ0v) is 13.6. The van der Waals surface area contributed by atoms with E-state index in [9.17, 15) is 4.79 Å². The van der Waals surface area contributed by atoms with E-state index in [4.69, 9.17) is 0 Å². The maximum atomic E-state index is 12.8. The topological polar surface area (TPSA) is 46.1 Å². The van der Waals surface area contributed by atoms with Gasteiger partial charge in [-0.3, -0.25) is 4.79 Å². The van der Waals surface area contributed by atoms with Crippen LogP contribution in [0.3, 0.4) is 0 Å². The van der Waals surface area contributed by atoms with Crippen LogP contribution in [0.1, 0.15) is 54.4 Å². The van der Waals surface area contributed by atoms with E-state index in [1.165, 1.54) is 6.42 Å². The van der Waals surface area contributed by atoms with Crippen LogP contribution in [0.4, 0.5) is 0 Å². The van der Waals surface area contributed by atoms with E-state index in [2.05, 4.69) is 16.9 Å². The molecule has 0 saturated carbocycles. The molecule has 0 spiro atoms. The van der Waals surface area contributed by atoms with Crippen molar-refractivity contribution < 1.29 is 4.79 Å². The minimum absolute atomic E-state index is 0.133. The summed E-state index contributed by atoms with van der Waals surface area (Å²) in [6, 6.07) is 6.06. The Balaban J connectivity index is 1.95. The number of benzene rings is 1. The summed E-state index contributed by atoms with van der Waals surface area (Å²) < 4.78 is 0. The minimum Gasteiger partial charge on any atom is -0.336 e. The molecule has 1 aromatic heterocycles. The van der Waals surface area contributed by atoms with Crippen LogP contribution >= 0.6 is 0 Å². The third-order valence-corrected chi connectivity index (χ3v) is 4.68. The molecule has 1 fully saturated rings. The number of aryl methyl sites for hydroxylation is 2. The molecule has 1 aromatic carbocycles. The summed E-state index contributed by atoms with van der Waals surface area (Å²) in [4.78, 5) is 24.0. The van der Waals surface area contributed by atoms with Crippen molar-refractivity contribution in [2.24, 2.45) is 0 Å². The van der Waals surface area contributed by atoms with Crippen LogP contribution in [-0.2, 0) is 0 Å². The van der Waals surface area contributed by atoms with Crippen LogP contribution in [0.15, 0.2) is 18.2 Å². The van der Waals surface area contributed by atoms with E-state index in [1.807, 2.05) is 36.9 Å². The van der Waals surface area contributed by atoms with E-state index in [1.54, 1.807) is 0 Å². The predicted octanol–water partition coefficient (Wildman–Crippen LogP) is 3.65. The van der Waals surface area contributed by atoms with E-state index in [-0.39, 0.29) is 5.91 Å². The van der Waals surface area contributed by atoms with Crippen LogP contribution in [0.5, 0.6) is 0 Å². The summed E-state index contributed by atoms with van der Waals surface area (Å²) in [6.45, 7) is 6.94. The summed E-state index contributed by atoms with van der Waals surface area (Å²) >= 11 is 0. The molecule has 0 radical (unpaired) electrons. The van der Waals surface area contributed by atoms with Gasteiger partial charge >= 0.3 is 0 Å². The molecule has 1 atom stereocenters. The van der Waals surface area contributed by atoms with Crippen molar-refractivity contribution in [3.8, 4) is 0 Å². The number of piperidine rings is 1. The van der Waals surface area contributed by atoms with Gasteiger partial charge in [0.25, 0.3) is 5.91 Å². The molecular formula is C18H23N3O. The summed E-state index contributed by atoms with van der Waals surface area (Å²) in [5.41, 5.74) is 4.24. The lowest BCUT2D eigenvalue weighted by molar-refractivity contribution is 0.0608. The van der Waals surface area contributed by atoms with Crippen molar-refractivity contribution in [3.63, 3.8) is 0 Å². The third kappa shape index (κ3) is 2.70. The second-order valence-corrected chi connectivity index (χ2v) is 6.15. The molecule has 1 saturated heterocycles. The van der Waals surface area contributed by atoms with Crippen molar-refractivity contribution >= 4 is 16.9 Å². The molecule has 1 aliphatic heterocycles.